The van der Waals surface area contributed by atoms with Gasteiger partial charge in [0, 0.05) is 30.2 Å². The molecular weight excluding hydrogens is 206 g/mol. The largest absolute Gasteiger partial charge is 0.345 e. The molecule has 0 saturated heterocycles. The second-order valence-corrected chi connectivity index (χ2v) is 5.60. The Morgan fingerprint density at radius 1 is 1.60 bits per heavy atom. The Bertz CT molecular complexity index is 317. The summed E-state index contributed by atoms with van der Waals surface area (Å²) < 4.78 is 0. The van der Waals surface area contributed by atoms with Crippen molar-refractivity contribution in [2.75, 3.05) is 11.4 Å². The SMILES string of the molecule is CC(C)N(CC1CC1)c1ncc(CN)s1. The molecule has 0 bridgehead atoms. The van der Waals surface area contributed by atoms with E-state index in [4.69, 9.17) is 5.73 Å². The van der Waals surface area contributed by atoms with Crippen molar-refractivity contribution >= 4 is 16.5 Å². The molecule has 0 aliphatic heterocycles. The molecule has 4 heteroatoms. The second-order valence-electron chi connectivity index (χ2n) is 4.50. The average Bonchev–Trinajstić information content (AvgIpc) is 2.91. The Labute approximate surface area is 95.3 Å². The van der Waals surface area contributed by atoms with Crippen molar-refractivity contribution in [2.24, 2.45) is 11.7 Å². The molecule has 0 spiro atoms. The zero-order valence-electron chi connectivity index (χ0n) is 9.44. The quantitative estimate of drug-likeness (QED) is 0.835. The van der Waals surface area contributed by atoms with Crippen LogP contribution >= 0.6 is 11.3 Å². The van der Waals surface area contributed by atoms with E-state index in [0.717, 1.165) is 17.6 Å². The fourth-order valence-electron chi connectivity index (χ4n) is 1.61. The Hall–Kier alpha value is -0.610. The van der Waals surface area contributed by atoms with E-state index in [-0.39, 0.29) is 0 Å². The lowest BCUT2D eigenvalue weighted by Gasteiger charge is -2.25. The van der Waals surface area contributed by atoms with E-state index in [9.17, 15) is 0 Å². The molecule has 0 unspecified atom stereocenters. The summed E-state index contributed by atoms with van der Waals surface area (Å²) in [6.07, 6.45) is 4.68. The standard InChI is InChI=1S/C11H19N3S/c1-8(2)14(7-9-3-4-9)11-13-6-10(5-12)15-11/h6,8-9H,3-5,7,12H2,1-2H3. The number of hydrogen-bond donors (Lipinski definition) is 1. The van der Waals surface area contributed by atoms with Crippen molar-refractivity contribution in [2.45, 2.75) is 39.3 Å². The van der Waals surface area contributed by atoms with Gasteiger partial charge in [0.25, 0.3) is 0 Å². The third kappa shape index (κ3) is 2.69. The highest BCUT2D eigenvalue weighted by Gasteiger charge is 2.26. The molecule has 2 rings (SSSR count). The number of rotatable bonds is 5. The molecule has 1 aliphatic rings. The first-order chi connectivity index (χ1) is 7.20. The van der Waals surface area contributed by atoms with Gasteiger partial charge in [0.1, 0.15) is 0 Å². The van der Waals surface area contributed by atoms with Gasteiger partial charge < -0.3 is 10.6 Å². The van der Waals surface area contributed by atoms with Crippen molar-refractivity contribution in [1.82, 2.24) is 4.98 Å². The summed E-state index contributed by atoms with van der Waals surface area (Å²) in [6.45, 7) is 6.22. The number of anilines is 1. The van der Waals surface area contributed by atoms with Gasteiger partial charge in [-0.3, -0.25) is 0 Å². The normalized spacial score (nSPS) is 16.0. The summed E-state index contributed by atoms with van der Waals surface area (Å²) in [5.41, 5.74) is 5.60. The number of hydrogen-bond acceptors (Lipinski definition) is 4. The first-order valence-electron chi connectivity index (χ1n) is 5.62. The molecule has 3 nitrogen and oxygen atoms in total. The van der Waals surface area contributed by atoms with Crippen molar-refractivity contribution in [1.29, 1.82) is 0 Å². The van der Waals surface area contributed by atoms with Gasteiger partial charge >= 0.3 is 0 Å². The van der Waals surface area contributed by atoms with Crippen LogP contribution in [0.1, 0.15) is 31.6 Å². The molecule has 2 N–H and O–H groups in total. The van der Waals surface area contributed by atoms with E-state index >= 15 is 0 Å². The van der Waals surface area contributed by atoms with Crippen LogP contribution in [-0.4, -0.2) is 17.6 Å². The zero-order valence-corrected chi connectivity index (χ0v) is 10.3. The van der Waals surface area contributed by atoms with Gasteiger partial charge in [-0.15, -0.1) is 11.3 Å². The number of thiazole rings is 1. The third-order valence-corrected chi connectivity index (χ3v) is 3.82. The fourth-order valence-corrected chi connectivity index (χ4v) is 2.54. The summed E-state index contributed by atoms with van der Waals surface area (Å²) in [5, 5.41) is 1.14. The van der Waals surface area contributed by atoms with E-state index < -0.39 is 0 Å². The minimum atomic E-state index is 0.530. The van der Waals surface area contributed by atoms with Crippen molar-refractivity contribution in [3.8, 4) is 0 Å². The van der Waals surface area contributed by atoms with Gasteiger partial charge in [0.15, 0.2) is 5.13 Å². The zero-order chi connectivity index (χ0) is 10.8. The molecule has 1 aromatic rings. The third-order valence-electron chi connectivity index (χ3n) is 2.76. The van der Waals surface area contributed by atoms with E-state index in [2.05, 4.69) is 23.7 Å². The van der Waals surface area contributed by atoms with Gasteiger partial charge in [-0.05, 0) is 32.6 Å². The Morgan fingerprint density at radius 2 is 2.33 bits per heavy atom. The van der Waals surface area contributed by atoms with Crippen molar-refractivity contribution in [3.05, 3.63) is 11.1 Å². The highest BCUT2D eigenvalue weighted by molar-refractivity contribution is 7.15. The summed E-state index contributed by atoms with van der Waals surface area (Å²) in [5.74, 6) is 0.901. The lowest BCUT2D eigenvalue weighted by molar-refractivity contribution is 0.643. The van der Waals surface area contributed by atoms with E-state index in [1.165, 1.54) is 17.7 Å². The lowest BCUT2D eigenvalue weighted by Crippen LogP contribution is -2.32. The van der Waals surface area contributed by atoms with Gasteiger partial charge in [0.05, 0.1) is 0 Å². The van der Waals surface area contributed by atoms with Crippen LogP contribution in [0.25, 0.3) is 0 Å². The maximum atomic E-state index is 5.60. The summed E-state index contributed by atoms with van der Waals surface area (Å²) in [7, 11) is 0. The van der Waals surface area contributed by atoms with Crippen LogP contribution in [0, 0.1) is 5.92 Å². The monoisotopic (exact) mass is 225 g/mol. The minimum absolute atomic E-state index is 0.530. The molecule has 1 aromatic heterocycles. The Kier molecular flexibility index (Phi) is 3.26. The number of nitrogens with two attached hydrogens (primary N) is 1. The summed E-state index contributed by atoms with van der Waals surface area (Å²) >= 11 is 1.73. The van der Waals surface area contributed by atoms with Crippen molar-refractivity contribution in [3.63, 3.8) is 0 Å². The molecule has 1 fully saturated rings. The van der Waals surface area contributed by atoms with Crippen LogP contribution in [0.4, 0.5) is 5.13 Å². The van der Waals surface area contributed by atoms with Crippen LogP contribution in [-0.2, 0) is 6.54 Å². The van der Waals surface area contributed by atoms with Gasteiger partial charge in [-0.25, -0.2) is 4.98 Å². The topological polar surface area (TPSA) is 42.2 Å². The molecular formula is C11H19N3S. The van der Waals surface area contributed by atoms with E-state index in [1.807, 2.05) is 6.20 Å². The maximum Gasteiger partial charge on any atom is 0.185 e. The Balaban J connectivity index is 2.07. The highest BCUT2D eigenvalue weighted by Crippen LogP contribution is 2.33. The predicted molar refractivity (Wildman–Crippen MR) is 65.2 cm³/mol. The molecule has 15 heavy (non-hydrogen) atoms. The molecule has 0 atom stereocenters. The molecule has 1 aliphatic carbocycles. The van der Waals surface area contributed by atoms with Gasteiger partial charge in [-0.2, -0.15) is 0 Å². The number of nitrogens with zero attached hydrogens (tertiary/aromatic N) is 2. The molecule has 0 radical (unpaired) electrons. The minimum Gasteiger partial charge on any atom is -0.345 e. The van der Waals surface area contributed by atoms with Crippen LogP contribution in [0.2, 0.25) is 0 Å². The van der Waals surface area contributed by atoms with Crippen LogP contribution in [0.3, 0.4) is 0 Å². The molecule has 84 valence electrons. The highest BCUT2D eigenvalue weighted by atomic mass is 32.1. The summed E-state index contributed by atoms with van der Waals surface area (Å²) in [6, 6.07) is 0.530. The first kappa shape index (κ1) is 10.9. The molecule has 1 heterocycles. The lowest BCUT2D eigenvalue weighted by atomic mass is 10.3. The van der Waals surface area contributed by atoms with Crippen LogP contribution in [0.5, 0.6) is 0 Å². The second kappa shape index (κ2) is 4.49. The van der Waals surface area contributed by atoms with E-state index in [0.29, 0.717) is 12.6 Å². The van der Waals surface area contributed by atoms with Crippen LogP contribution in [0.15, 0.2) is 6.20 Å². The smallest absolute Gasteiger partial charge is 0.185 e. The molecule has 1 saturated carbocycles. The maximum absolute atomic E-state index is 5.60. The van der Waals surface area contributed by atoms with Gasteiger partial charge in [-0.1, -0.05) is 0 Å². The predicted octanol–water partition coefficient (Wildman–Crippen LogP) is 2.23. The van der Waals surface area contributed by atoms with Crippen LogP contribution < -0.4 is 10.6 Å². The van der Waals surface area contributed by atoms with Gasteiger partial charge in [0.2, 0.25) is 0 Å². The average molecular weight is 225 g/mol. The first-order valence-corrected chi connectivity index (χ1v) is 6.43. The van der Waals surface area contributed by atoms with Crippen molar-refractivity contribution < 1.29 is 0 Å². The molecule has 0 aromatic carbocycles. The fraction of sp³-hybridized carbons (Fsp3) is 0.727. The Morgan fingerprint density at radius 3 is 2.80 bits per heavy atom. The summed E-state index contributed by atoms with van der Waals surface area (Å²) in [4.78, 5) is 8.03. The molecule has 0 amide bonds. The number of aromatic nitrogens is 1. The van der Waals surface area contributed by atoms with E-state index in [1.54, 1.807) is 11.3 Å².